The van der Waals surface area contributed by atoms with Gasteiger partial charge in [0.25, 0.3) is 0 Å². The zero-order valence-electron chi connectivity index (χ0n) is 13.9. The highest BCUT2D eigenvalue weighted by Crippen LogP contribution is 2.46. The van der Waals surface area contributed by atoms with E-state index in [2.05, 4.69) is 36.9 Å². The van der Waals surface area contributed by atoms with Gasteiger partial charge in [0.1, 0.15) is 7.05 Å². The Labute approximate surface area is 113 Å². The average Bonchev–Trinajstić information content (AvgIpc) is 3.15. The maximum Gasteiger partial charge on any atom is 0.185 e. The van der Waals surface area contributed by atoms with Crippen molar-refractivity contribution in [2.24, 2.45) is 13.0 Å². The molecular formula is C17H20N+. The molecule has 92 valence electrons. The van der Waals surface area contributed by atoms with Crippen molar-refractivity contribution in [3.05, 3.63) is 53.9 Å². The molecule has 1 fully saturated rings. The van der Waals surface area contributed by atoms with E-state index in [1.807, 2.05) is 12.1 Å². The van der Waals surface area contributed by atoms with Crippen LogP contribution in [-0.2, 0) is 7.05 Å². The molecule has 1 heterocycles. The summed E-state index contributed by atoms with van der Waals surface area (Å²) < 4.78 is 24.8. The van der Waals surface area contributed by atoms with Crippen molar-refractivity contribution >= 4 is 0 Å². The van der Waals surface area contributed by atoms with Crippen LogP contribution in [0.4, 0.5) is 0 Å². The van der Waals surface area contributed by atoms with E-state index in [0.29, 0.717) is 11.5 Å². The van der Waals surface area contributed by atoms with Crippen LogP contribution in [0.25, 0.3) is 11.1 Å². The Hall–Kier alpha value is -1.63. The van der Waals surface area contributed by atoms with Gasteiger partial charge in [-0.25, -0.2) is 4.57 Å². The Morgan fingerprint density at radius 3 is 2.72 bits per heavy atom. The first-order chi connectivity index (χ1) is 9.86. The van der Waals surface area contributed by atoms with Gasteiger partial charge in [0.05, 0.1) is 0 Å². The van der Waals surface area contributed by atoms with Gasteiger partial charge in [0, 0.05) is 22.2 Å². The summed E-state index contributed by atoms with van der Waals surface area (Å²) in [6, 6.07) is 11.5. The first-order valence-electron chi connectivity index (χ1n) is 7.97. The third kappa shape index (κ3) is 2.05. The molecule has 1 aliphatic rings. The van der Waals surface area contributed by atoms with Gasteiger partial charge in [0.2, 0.25) is 0 Å². The van der Waals surface area contributed by atoms with Gasteiger partial charge in [-0.05, 0) is 30.3 Å². The van der Waals surface area contributed by atoms with Crippen molar-refractivity contribution in [2.45, 2.75) is 26.1 Å². The first kappa shape index (κ1) is 8.47. The van der Waals surface area contributed by atoms with Crippen LogP contribution in [-0.4, -0.2) is 0 Å². The Kier molecular flexibility index (Phi) is 1.99. The van der Waals surface area contributed by atoms with E-state index >= 15 is 0 Å². The summed E-state index contributed by atoms with van der Waals surface area (Å²) in [6.45, 7) is 0.218. The fourth-order valence-electron chi connectivity index (χ4n) is 2.57. The molecule has 0 bridgehead atoms. The molecule has 1 nitrogen and oxygen atoms in total. The normalized spacial score (nSPS) is 25.1. The Bertz CT molecular complexity index is 676. The van der Waals surface area contributed by atoms with Crippen molar-refractivity contribution in [1.29, 1.82) is 0 Å². The number of hydrogen-bond donors (Lipinski definition) is 0. The quantitative estimate of drug-likeness (QED) is 0.707. The molecule has 18 heavy (non-hydrogen) atoms. The van der Waals surface area contributed by atoms with E-state index in [1.54, 1.807) is 12.1 Å². The van der Waals surface area contributed by atoms with Crippen LogP contribution >= 0.6 is 0 Å². The Balaban J connectivity index is 2.01. The number of pyridine rings is 1. The minimum atomic E-state index is -2.05. The average molecular weight is 241 g/mol. The first-order valence-corrected chi connectivity index (χ1v) is 6.47. The van der Waals surface area contributed by atoms with Crippen molar-refractivity contribution in [2.75, 3.05) is 0 Å². The lowest BCUT2D eigenvalue weighted by Crippen LogP contribution is -2.32. The zero-order valence-corrected chi connectivity index (χ0v) is 10.9. The lowest BCUT2D eigenvalue weighted by atomic mass is 10.0. The predicted molar refractivity (Wildman–Crippen MR) is 74.3 cm³/mol. The van der Waals surface area contributed by atoms with Gasteiger partial charge in [-0.15, -0.1) is 0 Å². The van der Waals surface area contributed by atoms with Crippen LogP contribution in [0.2, 0.25) is 0 Å². The molecule has 1 aliphatic carbocycles. The predicted octanol–water partition coefficient (Wildman–Crippen LogP) is 3.61. The molecule has 0 spiro atoms. The third-order valence-electron chi connectivity index (χ3n) is 3.87. The highest BCUT2D eigenvalue weighted by molar-refractivity contribution is 5.63. The smallest absolute Gasteiger partial charge is 0.185 e. The number of aromatic nitrogens is 1. The maximum atomic E-state index is 7.54. The number of nitrogens with zero attached hydrogens (tertiary/aromatic N) is 1. The molecule has 1 aromatic heterocycles. The second-order valence-corrected chi connectivity index (χ2v) is 5.35. The molecule has 0 amide bonds. The minimum Gasteiger partial charge on any atom is -0.205 e. The second kappa shape index (κ2) is 4.24. The van der Waals surface area contributed by atoms with Crippen molar-refractivity contribution < 1.29 is 8.68 Å². The van der Waals surface area contributed by atoms with Gasteiger partial charge in [-0.3, -0.25) is 0 Å². The van der Waals surface area contributed by atoms with Crippen LogP contribution in [0.3, 0.4) is 0 Å². The topological polar surface area (TPSA) is 3.88 Å². The number of aryl methyl sites for hydroxylation is 2. The van der Waals surface area contributed by atoms with Crippen molar-refractivity contribution in [3.8, 4) is 11.1 Å². The molecule has 0 N–H and O–H groups in total. The van der Waals surface area contributed by atoms with E-state index in [0.717, 1.165) is 17.0 Å². The number of hydrogen-bond acceptors (Lipinski definition) is 0. The van der Waals surface area contributed by atoms with Crippen molar-refractivity contribution in [1.82, 2.24) is 0 Å². The summed E-state index contributed by atoms with van der Waals surface area (Å²) in [5, 5.41) is 0. The van der Waals surface area contributed by atoms with Gasteiger partial charge in [-0.2, -0.15) is 0 Å². The Morgan fingerprint density at radius 2 is 2.00 bits per heavy atom. The van der Waals surface area contributed by atoms with Crippen molar-refractivity contribution in [3.63, 3.8) is 0 Å². The lowest BCUT2D eigenvalue weighted by Gasteiger charge is -2.05. The molecule has 1 heteroatoms. The Morgan fingerprint density at radius 1 is 1.22 bits per heavy atom. The largest absolute Gasteiger partial charge is 0.205 e. The minimum absolute atomic E-state index is 0.398. The zero-order chi connectivity index (χ0) is 15.2. The molecule has 1 aromatic carbocycles. The molecule has 2 aromatic rings. The van der Waals surface area contributed by atoms with Gasteiger partial charge >= 0.3 is 0 Å². The van der Waals surface area contributed by atoms with Crippen LogP contribution < -0.4 is 4.57 Å². The fraction of sp³-hybridized carbons (Fsp3) is 0.353. The van der Waals surface area contributed by atoms with E-state index in [-0.39, 0.29) is 0 Å². The summed E-state index contributed by atoms with van der Waals surface area (Å²) in [6.07, 6.45) is 3.31. The number of benzene rings is 1. The summed E-state index contributed by atoms with van der Waals surface area (Å²) >= 11 is 0. The SMILES string of the molecule is [2H]C([2H])([2H])c1cccc(-c2cc[n+](C)c(C3C[C@H]3C)c2)c1. The maximum absolute atomic E-state index is 7.54. The van der Waals surface area contributed by atoms with E-state index < -0.39 is 6.85 Å². The van der Waals surface area contributed by atoms with Gasteiger partial charge in [0.15, 0.2) is 11.9 Å². The molecular weight excluding hydrogens is 218 g/mol. The van der Waals surface area contributed by atoms with Crippen LogP contribution in [0.5, 0.6) is 0 Å². The molecule has 0 aliphatic heterocycles. The van der Waals surface area contributed by atoms with Gasteiger partial charge in [-0.1, -0.05) is 36.8 Å². The third-order valence-corrected chi connectivity index (χ3v) is 3.87. The monoisotopic (exact) mass is 241 g/mol. The molecule has 1 saturated carbocycles. The highest BCUT2D eigenvalue weighted by Gasteiger charge is 2.39. The van der Waals surface area contributed by atoms with Crippen LogP contribution in [0.1, 0.15) is 34.6 Å². The van der Waals surface area contributed by atoms with Crippen LogP contribution in [0.15, 0.2) is 42.6 Å². The molecule has 3 rings (SSSR count). The van der Waals surface area contributed by atoms with E-state index in [1.165, 1.54) is 12.1 Å². The summed E-state index contributed by atoms with van der Waals surface area (Å²) in [7, 11) is 2.07. The van der Waals surface area contributed by atoms with E-state index in [9.17, 15) is 0 Å². The molecule has 2 atom stereocenters. The second-order valence-electron chi connectivity index (χ2n) is 5.35. The standard InChI is InChI=1S/C17H20N/c1-12-5-4-6-14(9-12)15-7-8-18(3)17(11-15)16-10-13(16)2/h4-9,11,13,16H,10H2,1-3H3/q+1/t13-,16?/m1/s1/i1D3. The molecule has 1 unspecified atom stereocenters. The summed E-state index contributed by atoms with van der Waals surface area (Å²) in [5.41, 5.74) is 3.79. The van der Waals surface area contributed by atoms with E-state index in [4.69, 9.17) is 4.11 Å². The highest BCUT2D eigenvalue weighted by atomic mass is 14.9. The molecule has 0 radical (unpaired) electrons. The number of rotatable bonds is 2. The summed E-state index contributed by atoms with van der Waals surface area (Å²) in [4.78, 5) is 0. The summed E-state index contributed by atoms with van der Waals surface area (Å²) in [5.74, 6) is 1.39. The fourth-order valence-corrected chi connectivity index (χ4v) is 2.57. The van der Waals surface area contributed by atoms with Gasteiger partial charge < -0.3 is 0 Å². The van der Waals surface area contributed by atoms with Crippen LogP contribution in [0, 0.1) is 12.8 Å². The molecule has 0 saturated heterocycles. The lowest BCUT2D eigenvalue weighted by molar-refractivity contribution is -0.679.